The average molecular weight is 280 g/mol. The van der Waals surface area contributed by atoms with Crippen LogP contribution in [0.5, 0.6) is 0 Å². The molecule has 0 radical (unpaired) electrons. The third-order valence-electron chi connectivity index (χ3n) is 2.51. The third-order valence-corrected chi connectivity index (χ3v) is 2.51. The first-order chi connectivity index (χ1) is 9.51. The van der Waals surface area contributed by atoms with Crippen molar-refractivity contribution in [2.24, 2.45) is 0 Å². The zero-order chi connectivity index (χ0) is 14.7. The molecular formula is C12H10F2N4O2. The Bertz CT molecular complexity index is 664. The molecule has 1 heterocycles. The van der Waals surface area contributed by atoms with Crippen LogP contribution in [0.3, 0.4) is 0 Å². The van der Waals surface area contributed by atoms with E-state index in [0.717, 1.165) is 12.1 Å². The molecule has 0 unspecified atom stereocenters. The second kappa shape index (κ2) is 5.47. The molecule has 0 fully saturated rings. The van der Waals surface area contributed by atoms with Crippen molar-refractivity contribution in [2.45, 2.75) is 0 Å². The van der Waals surface area contributed by atoms with Crippen LogP contribution in [0, 0.1) is 21.7 Å². The summed E-state index contributed by atoms with van der Waals surface area (Å²) in [5, 5.41) is 16.1. The van der Waals surface area contributed by atoms with E-state index in [1.165, 1.54) is 12.1 Å². The van der Waals surface area contributed by atoms with Crippen LogP contribution in [-0.2, 0) is 0 Å². The van der Waals surface area contributed by atoms with Gasteiger partial charge in [-0.05, 0) is 18.2 Å². The van der Waals surface area contributed by atoms with Gasteiger partial charge in [0.05, 0.1) is 10.6 Å². The van der Waals surface area contributed by atoms with E-state index in [4.69, 9.17) is 0 Å². The van der Waals surface area contributed by atoms with E-state index in [1.807, 2.05) is 0 Å². The van der Waals surface area contributed by atoms with Crippen molar-refractivity contribution in [1.29, 1.82) is 0 Å². The number of pyridine rings is 1. The molecule has 0 aliphatic carbocycles. The maximum atomic E-state index is 13.5. The molecule has 1 aromatic heterocycles. The van der Waals surface area contributed by atoms with Crippen LogP contribution in [0.4, 0.5) is 31.8 Å². The van der Waals surface area contributed by atoms with Gasteiger partial charge in [0, 0.05) is 19.2 Å². The largest absolute Gasteiger partial charge is 0.373 e. The van der Waals surface area contributed by atoms with Gasteiger partial charge in [-0.3, -0.25) is 10.1 Å². The summed E-state index contributed by atoms with van der Waals surface area (Å²) in [7, 11) is 1.59. The lowest BCUT2D eigenvalue weighted by Gasteiger charge is -2.09. The Balaban J connectivity index is 2.43. The van der Waals surface area contributed by atoms with Crippen LogP contribution < -0.4 is 10.6 Å². The molecule has 0 aliphatic heterocycles. The SMILES string of the molecule is CNc1ccc([N+](=O)[O-])c(Nc2ccc(F)cc2F)n1. The number of rotatable bonds is 4. The highest BCUT2D eigenvalue weighted by molar-refractivity contribution is 5.67. The summed E-state index contributed by atoms with van der Waals surface area (Å²) >= 11 is 0. The van der Waals surface area contributed by atoms with E-state index >= 15 is 0 Å². The standard InChI is InChI=1S/C12H10F2N4O2/c1-15-11-5-4-10(18(19)20)12(17-11)16-9-3-2-7(13)6-8(9)14/h2-6H,1H3,(H2,15,16,17). The van der Waals surface area contributed by atoms with E-state index in [2.05, 4.69) is 15.6 Å². The molecule has 104 valence electrons. The molecule has 20 heavy (non-hydrogen) atoms. The number of aromatic nitrogens is 1. The summed E-state index contributed by atoms with van der Waals surface area (Å²) in [4.78, 5) is 14.2. The first-order valence-electron chi connectivity index (χ1n) is 5.56. The molecule has 0 saturated carbocycles. The van der Waals surface area contributed by atoms with Gasteiger partial charge in [0.15, 0.2) is 0 Å². The normalized spacial score (nSPS) is 10.2. The van der Waals surface area contributed by atoms with E-state index in [1.54, 1.807) is 7.05 Å². The number of nitrogens with one attached hydrogen (secondary N) is 2. The monoisotopic (exact) mass is 280 g/mol. The molecule has 8 heteroatoms. The Kier molecular flexibility index (Phi) is 3.74. The molecule has 0 bridgehead atoms. The number of nitro groups is 1. The van der Waals surface area contributed by atoms with Gasteiger partial charge in [-0.15, -0.1) is 0 Å². The Morgan fingerprint density at radius 1 is 1.25 bits per heavy atom. The zero-order valence-corrected chi connectivity index (χ0v) is 10.4. The predicted molar refractivity (Wildman–Crippen MR) is 70.1 cm³/mol. The Morgan fingerprint density at radius 2 is 2.00 bits per heavy atom. The number of anilines is 3. The van der Waals surface area contributed by atoms with E-state index in [9.17, 15) is 18.9 Å². The number of nitrogens with zero attached hydrogens (tertiary/aromatic N) is 2. The summed E-state index contributed by atoms with van der Waals surface area (Å²) in [6.07, 6.45) is 0. The Morgan fingerprint density at radius 3 is 2.60 bits per heavy atom. The molecule has 2 N–H and O–H groups in total. The Hall–Kier alpha value is -2.77. The fourth-order valence-corrected chi connectivity index (χ4v) is 1.55. The molecule has 2 rings (SSSR count). The molecule has 1 aromatic carbocycles. The summed E-state index contributed by atoms with van der Waals surface area (Å²) < 4.78 is 26.3. The molecule has 0 saturated heterocycles. The van der Waals surface area contributed by atoms with Gasteiger partial charge in [0.2, 0.25) is 5.82 Å². The number of benzene rings is 1. The van der Waals surface area contributed by atoms with E-state index in [-0.39, 0.29) is 17.2 Å². The van der Waals surface area contributed by atoms with Crippen LogP contribution in [0.1, 0.15) is 0 Å². The van der Waals surface area contributed by atoms with Crippen LogP contribution in [0.2, 0.25) is 0 Å². The fourth-order valence-electron chi connectivity index (χ4n) is 1.55. The highest BCUT2D eigenvalue weighted by Crippen LogP contribution is 2.28. The molecule has 0 atom stereocenters. The smallest absolute Gasteiger partial charge is 0.311 e. The summed E-state index contributed by atoms with van der Waals surface area (Å²) in [6, 6.07) is 5.52. The molecule has 0 aliphatic rings. The summed E-state index contributed by atoms with van der Waals surface area (Å²) in [5.74, 6) is -1.36. The average Bonchev–Trinajstić information content (AvgIpc) is 2.41. The second-order valence-corrected chi connectivity index (χ2v) is 3.82. The summed E-state index contributed by atoms with van der Waals surface area (Å²) in [6.45, 7) is 0. The van der Waals surface area contributed by atoms with Crippen LogP contribution in [0.15, 0.2) is 30.3 Å². The molecule has 2 aromatic rings. The van der Waals surface area contributed by atoms with Gasteiger partial charge in [0.25, 0.3) is 0 Å². The molecule has 0 amide bonds. The lowest BCUT2D eigenvalue weighted by molar-refractivity contribution is -0.384. The maximum Gasteiger partial charge on any atom is 0.311 e. The Labute approximate surface area is 112 Å². The van der Waals surface area contributed by atoms with Crippen molar-refractivity contribution in [3.8, 4) is 0 Å². The van der Waals surface area contributed by atoms with Crippen LogP contribution in [-0.4, -0.2) is 17.0 Å². The van der Waals surface area contributed by atoms with Crippen molar-refractivity contribution in [3.05, 3.63) is 52.1 Å². The quantitative estimate of drug-likeness (QED) is 0.664. The third kappa shape index (κ3) is 2.79. The topological polar surface area (TPSA) is 80.1 Å². The summed E-state index contributed by atoms with van der Waals surface area (Å²) in [5.41, 5.74) is -0.414. The van der Waals surface area contributed by atoms with Crippen LogP contribution in [0.25, 0.3) is 0 Å². The molecule has 6 nitrogen and oxygen atoms in total. The predicted octanol–water partition coefficient (Wildman–Crippen LogP) is 3.05. The van der Waals surface area contributed by atoms with Gasteiger partial charge < -0.3 is 10.6 Å². The van der Waals surface area contributed by atoms with Crippen molar-refractivity contribution in [1.82, 2.24) is 4.98 Å². The van der Waals surface area contributed by atoms with Crippen molar-refractivity contribution in [2.75, 3.05) is 17.7 Å². The second-order valence-electron chi connectivity index (χ2n) is 3.82. The van der Waals surface area contributed by atoms with Gasteiger partial charge in [-0.2, -0.15) is 0 Å². The van der Waals surface area contributed by atoms with E-state index < -0.39 is 16.6 Å². The van der Waals surface area contributed by atoms with Crippen molar-refractivity contribution in [3.63, 3.8) is 0 Å². The van der Waals surface area contributed by atoms with Crippen molar-refractivity contribution < 1.29 is 13.7 Å². The molecular weight excluding hydrogens is 270 g/mol. The molecule has 0 spiro atoms. The minimum absolute atomic E-state index is 0.102. The maximum absolute atomic E-state index is 13.5. The number of hydrogen-bond acceptors (Lipinski definition) is 5. The number of hydrogen-bond donors (Lipinski definition) is 2. The highest BCUT2D eigenvalue weighted by Gasteiger charge is 2.17. The first-order valence-corrected chi connectivity index (χ1v) is 5.56. The van der Waals surface area contributed by atoms with Gasteiger partial charge in [-0.25, -0.2) is 13.8 Å². The van der Waals surface area contributed by atoms with Crippen molar-refractivity contribution >= 4 is 23.0 Å². The fraction of sp³-hybridized carbons (Fsp3) is 0.0833. The highest BCUT2D eigenvalue weighted by atomic mass is 19.1. The number of halogens is 2. The minimum atomic E-state index is -0.865. The lowest BCUT2D eigenvalue weighted by Crippen LogP contribution is -2.03. The van der Waals surface area contributed by atoms with E-state index in [0.29, 0.717) is 11.9 Å². The zero-order valence-electron chi connectivity index (χ0n) is 10.4. The van der Waals surface area contributed by atoms with Crippen LogP contribution >= 0.6 is 0 Å². The first kappa shape index (κ1) is 13.7. The lowest BCUT2D eigenvalue weighted by atomic mass is 10.3. The van der Waals surface area contributed by atoms with Gasteiger partial charge in [0.1, 0.15) is 17.5 Å². The van der Waals surface area contributed by atoms with Gasteiger partial charge >= 0.3 is 5.69 Å². The minimum Gasteiger partial charge on any atom is -0.373 e. The van der Waals surface area contributed by atoms with Gasteiger partial charge in [-0.1, -0.05) is 0 Å².